The first kappa shape index (κ1) is 28.2. The molecule has 0 saturated heterocycles. The van der Waals surface area contributed by atoms with Crippen LogP contribution in [0.4, 0.5) is 0 Å². The van der Waals surface area contributed by atoms with E-state index in [2.05, 4.69) is 23.5 Å². The van der Waals surface area contributed by atoms with Gasteiger partial charge in [-0.3, -0.25) is 8.57 Å². The molecule has 0 unspecified atom stereocenters. The van der Waals surface area contributed by atoms with Crippen LogP contribution < -0.4 is 0 Å². The largest absolute Gasteiger partial charge is 0.358 e. The van der Waals surface area contributed by atoms with Crippen LogP contribution in [0.5, 0.6) is 0 Å². The van der Waals surface area contributed by atoms with Gasteiger partial charge in [0.1, 0.15) is 21.2 Å². The molecule has 0 N–H and O–H groups in total. The van der Waals surface area contributed by atoms with Gasteiger partial charge in [-0.25, -0.2) is 0 Å². The molecule has 0 aliphatic carbocycles. The van der Waals surface area contributed by atoms with Crippen molar-refractivity contribution in [2.45, 2.75) is 9.79 Å². The van der Waals surface area contributed by atoms with Crippen LogP contribution in [0.15, 0.2) is 142 Å². The zero-order valence-corrected chi connectivity index (χ0v) is 22.8. The van der Waals surface area contributed by atoms with Gasteiger partial charge in [0.05, 0.1) is 0 Å². The molecule has 40 heavy (non-hydrogen) atoms. The van der Waals surface area contributed by atoms with E-state index in [0.29, 0.717) is 11.1 Å². The first-order chi connectivity index (χ1) is 19.2. The number of hydrogen-bond acceptors (Lipinski definition) is 8. The van der Waals surface area contributed by atoms with E-state index in [9.17, 15) is 16.8 Å². The minimum Gasteiger partial charge on any atom is -0.264 e. The van der Waals surface area contributed by atoms with Gasteiger partial charge in [-0.2, -0.15) is 16.8 Å². The van der Waals surface area contributed by atoms with Gasteiger partial charge in [0.15, 0.2) is 0 Å². The fraction of sp³-hybridized carbons (Fsp3) is 0. The monoisotopic (exact) mass is 572 g/mol. The third kappa shape index (κ3) is 6.79. The van der Waals surface area contributed by atoms with Crippen molar-refractivity contribution < 1.29 is 25.4 Å². The van der Waals surface area contributed by atoms with Crippen molar-refractivity contribution in [2.24, 2.45) is 10.3 Å². The summed E-state index contributed by atoms with van der Waals surface area (Å²) in [6, 6.07) is 28.7. The molecule has 4 aromatic rings. The van der Waals surface area contributed by atoms with Crippen LogP contribution in [0.1, 0.15) is 22.3 Å². The Morgan fingerprint density at radius 1 is 0.525 bits per heavy atom. The molecule has 10 heteroatoms. The maximum absolute atomic E-state index is 13.0. The fourth-order valence-corrected chi connectivity index (χ4v) is 4.91. The maximum Gasteiger partial charge on any atom is 0.358 e. The van der Waals surface area contributed by atoms with Crippen LogP contribution in [-0.2, 0) is 28.8 Å². The summed E-state index contributed by atoms with van der Waals surface area (Å²) in [5.74, 6) is 0. The lowest BCUT2D eigenvalue weighted by atomic mass is 10.0. The molecule has 0 bridgehead atoms. The molecule has 0 heterocycles. The summed E-state index contributed by atoms with van der Waals surface area (Å²) in [4.78, 5) is -0.261. The smallest absolute Gasteiger partial charge is 0.264 e. The Labute approximate surface area is 233 Å². The average molecular weight is 573 g/mol. The van der Waals surface area contributed by atoms with E-state index in [-0.39, 0.29) is 21.2 Å². The predicted molar refractivity (Wildman–Crippen MR) is 156 cm³/mol. The molecule has 0 fully saturated rings. The number of hydrogen-bond donors (Lipinski definition) is 0. The minimum absolute atomic E-state index is 0.0738. The zero-order chi connectivity index (χ0) is 28.6. The fourth-order valence-electron chi connectivity index (χ4n) is 3.46. The zero-order valence-electron chi connectivity index (χ0n) is 21.1. The van der Waals surface area contributed by atoms with Crippen molar-refractivity contribution in [1.29, 1.82) is 0 Å². The molecule has 0 spiro atoms. The van der Waals surface area contributed by atoms with E-state index >= 15 is 0 Å². The van der Waals surface area contributed by atoms with Crippen molar-refractivity contribution in [3.8, 4) is 0 Å². The van der Waals surface area contributed by atoms with Crippen LogP contribution in [0.25, 0.3) is 12.2 Å². The molecular formula is C30H24N2O6S2. The lowest BCUT2D eigenvalue weighted by Gasteiger charge is -2.11. The summed E-state index contributed by atoms with van der Waals surface area (Å²) in [5, 5.41) is 7.90. The number of benzene rings is 4. The van der Waals surface area contributed by atoms with E-state index in [1.165, 1.54) is 24.3 Å². The molecule has 0 radical (unpaired) electrons. The van der Waals surface area contributed by atoms with Crippen molar-refractivity contribution in [3.63, 3.8) is 0 Å². The lowest BCUT2D eigenvalue weighted by molar-refractivity contribution is 0.334. The number of nitrogens with zero attached hydrogens (tertiary/aromatic N) is 2. The Bertz CT molecular complexity index is 1630. The van der Waals surface area contributed by atoms with Gasteiger partial charge in [-0.05, 0) is 35.4 Å². The highest BCUT2D eigenvalue weighted by Gasteiger charge is 2.23. The molecule has 0 amide bonds. The SMILES string of the molecule is C=Cc1ccc(S(=O)(=O)ON=C(C(=NOS(=O)(=O)c2ccc(C=C)cc2)c2ccccc2)c2ccccc2)cc1. The van der Waals surface area contributed by atoms with Gasteiger partial charge in [0.2, 0.25) is 0 Å². The highest BCUT2D eigenvalue weighted by molar-refractivity contribution is 7.87. The molecule has 0 aromatic heterocycles. The molecular weight excluding hydrogens is 548 g/mol. The van der Waals surface area contributed by atoms with Gasteiger partial charge in [-0.15, -0.1) is 0 Å². The van der Waals surface area contributed by atoms with E-state index in [1.807, 2.05) is 0 Å². The highest BCUT2D eigenvalue weighted by atomic mass is 32.2. The van der Waals surface area contributed by atoms with Gasteiger partial charge in [-0.1, -0.05) is 121 Å². The quantitative estimate of drug-likeness (QED) is 0.164. The number of oxime groups is 2. The Morgan fingerprint density at radius 2 is 0.850 bits per heavy atom. The van der Waals surface area contributed by atoms with Gasteiger partial charge in [0, 0.05) is 11.1 Å². The van der Waals surface area contributed by atoms with Crippen molar-refractivity contribution in [1.82, 2.24) is 0 Å². The van der Waals surface area contributed by atoms with Crippen LogP contribution in [0, 0.1) is 0 Å². The second kappa shape index (κ2) is 12.4. The Hall–Kier alpha value is -4.80. The summed E-state index contributed by atoms with van der Waals surface area (Å²) in [7, 11) is -8.68. The average Bonchev–Trinajstić information content (AvgIpc) is 2.99. The van der Waals surface area contributed by atoms with Crippen molar-refractivity contribution in [3.05, 3.63) is 145 Å². The Morgan fingerprint density at radius 3 is 1.15 bits per heavy atom. The Balaban J connectivity index is 1.79. The highest BCUT2D eigenvalue weighted by Crippen LogP contribution is 2.19. The summed E-state index contributed by atoms with van der Waals surface area (Å²) in [5.41, 5.74) is 2.11. The van der Waals surface area contributed by atoms with Crippen LogP contribution in [0.3, 0.4) is 0 Å². The van der Waals surface area contributed by atoms with E-state index < -0.39 is 20.2 Å². The summed E-state index contributed by atoms with van der Waals surface area (Å²) >= 11 is 0. The van der Waals surface area contributed by atoms with Crippen LogP contribution >= 0.6 is 0 Å². The second-order valence-corrected chi connectivity index (χ2v) is 11.3. The van der Waals surface area contributed by atoms with Crippen molar-refractivity contribution >= 4 is 43.8 Å². The minimum atomic E-state index is -4.34. The van der Waals surface area contributed by atoms with Crippen LogP contribution in [-0.4, -0.2) is 28.3 Å². The van der Waals surface area contributed by atoms with Gasteiger partial charge < -0.3 is 0 Å². The molecule has 4 rings (SSSR count). The van der Waals surface area contributed by atoms with Crippen molar-refractivity contribution in [2.75, 3.05) is 0 Å². The van der Waals surface area contributed by atoms with E-state index in [1.54, 1.807) is 97.1 Å². The maximum atomic E-state index is 13.0. The molecule has 8 nitrogen and oxygen atoms in total. The molecule has 0 atom stereocenters. The standard InChI is InChI=1S/C30H24N2O6S2/c1-3-23-15-19-27(20-16-23)39(33,34)37-31-29(25-11-7-5-8-12-25)30(26-13-9-6-10-14-26)32-38-40(35,36)28-21-17-24(4-2)18-22-28/h3-22H,1-2H2. The third-order valence-electron chi connectivity index (χ3n) is 5.58. The second-order valence-electron chi connectivity index (χ2n) is 8.22. The molecule has 0 aliphatic rings. The van der Waals surface area contributed by atoms with Gasteiger partial charge in [0.25, 0.3) is 0 Å². The third-order valence-corrected chi connectivity index (χ3v) is 7.82. The first-order valence-electron chi connectivity index (χ1n) is 11.8. The van der Waals surface area contributed by atoms with E-state index in [4.69, 9.17) is 8.57 Å². The first-order valence-corrected chi connectivity index (χ1v) is 14.6. The van der Waals surface area contributed by atoms with E-state index in [0.717, 1.165) is 11.1 Å². The summed E-state index contributed by atoms with van der Waals surface area (Å²) in [6.07, 6.45) is 3.15. The topological polar surface area (TPSA) is 111 Å². The molecule has 0 saturated carbocycles. The normalized spacial score (nSPS) is 12.4. The predicted octanol–water partition coefficient (Wildman–Crippen LogP) is 5.89. The van der Waals surface area contributed by atoms with Crippen LogP contribution in [0.2, 0.25) is 0 Å². The summed E-state index contributed by atoms with van der Waals surface area (Å²) < 4.78 is 62.0. The Kier molecular flexibility index (Phi) is 8.73. The number of rotatable bonds is 11. The summed E-state index contributed by atoms with van der Waals surface area (Å²) in [6.45, 7) is 7.30. The molecule has 0 aliphatic heterocycles. The molecule has 202 valence electrons. The van der Waals surface area contributed by atoms with Gasteiger partial charge >= 0.3 is 20.2 Å². The lowest BCUT2D eigenvalue weighted by Crippen LogP contribution is -2.20. The molecule has 4 aromatic carbocycles.